The van der Waals surface area contributed by atoms with Gasteiger partial charge in [0.25, 0.3) is 18.2 Å². The highest BCUT2D eigenvalue weighted by atomic mass is 19.3. The third-order valence-corrected chi connectivity index (χ3v) is 4.50. The molecule has 0 aliphatic heterocycles. The molecule has 0 radical (unpaired) electrons. The summed E-state index contributed by atoms with van der Waals surface area (Å²) in [6.07, 6.45) is -3.16. The van der Waals surface area contributed by atoms with Gasteiger partial charge in [-0.3, -0.25) is 14.8 Å². The summed E-state index contributed by atoms with van der Waals surface area (Å²) in [7, 11) is 0. The van der Waals surface area contributed by atoms with Crippen molar-refractivity contribution in [2.45, 2.75) is 24.9 Å². The molecule has 170 valence electrons. The van der Waals surface area contributed by atoms with Crippen LogP contribution < -0.4 is 16.5 Å². The van der Waals surface area contributed by atoms with E-state index >= 15 is 0 Å². The largest absolute Gasteiger partial charge is 0.478 e. The molecule has 2 amide bonds. The fourth-order valence-corrected chi connectivity index (χ4v) is 2.52. The van der Waals surface area contributed by atoms with Gasteiger partial charge in [0.2, 0.25) is 0 Å². The number of carboxylic acid groups (broad SMARTS) is 1. The van der Waals surface area contributed by atoms with Gasteiger partial charge in [0.1, 0.15) is 11.6 Å². The Morgan fingerprint density at radius 3 is 1.79 bits per heavy atom. The van der Waals surface area contributed by atoms with Crippen LogP contribution in [0.3, 0.4) is 0 Å². The van der Waals surface area contributed by atoms with E-state index in [2.05, 4.69) is 29.0 Å². The number of nitrogens with one attached hydrogen (secondary N) is 2. The lowest BCUT2D eigenvalue weighted by Crippen LogP contribution is -2.66. The van der Waals surface area contributed by atoms with Crippen LogP contribution in [0.15, 0.2) is 48.5 Å². The Morgan fingerprint density at radius 2 is 1.39 bits per heavy atom. The van der Waals surface area contributed by atoms with Gasteiger partial charge in [-0.15, -0.1) is 0 Å². The van der Waals surface area contributed by atoms with Crippen LogP contribution in [0.1, 0.15) is 38.8 Å². The third-order valence-electron chi connectivity index (χ3n) is 4.50. The van der Waals surface area contributed by atoms with E-state index < -0.39 is 35.8 Å². The summed E-state index contributed by atoms with van der Waals surface area (Å²) in [5, 5.41) is 19.7. The molecule has 2 aromatic rings. The van der Waals surface area contributed by atoms with Crippen LogP contribution in [0.4, 0.5) is 8.78 Å². The molecule has 0 fully saturated rings. The number of amides is 2. The van der Waals surface area contributed by atoms with Gasteiger partial charge in [-0.2, -0.15) is 0 Å². The second kappa shape index (κ2) is 10.9. The molecular formula is C23H19F2N3O5. The standard InChI is InChI=1S/C23H19F2N3O5/c1-23(26,22(24)25)18(20(30)28-33)27-19(29)16-10-6-14(7-11-16)4-2-3-5-15-8-12-17(13-9-15)21(31)32/h6-13,18,22,33H,26H2,1H3,(H,27,29)(H,28,30)(H,31,32)/t18-,23?/m1/s1. The molecule has 2 aromatic carbocycles. The van der Waals surface area contributed by atoms with E-state index in [1.807, 2.05) is 0 Å². The number of nitrogens with two attached hydrogens (primary N) is 1. The maximum absolute atomic E-state index is 13.2. The van der Waals surface area contributed by atoms with E-state index in [9.17, 15) is 23.2 Å². The Bertz CT molecular complexity index is 1160. The van der Waals surface area contributed by atoms with Crippen LogP contribution in [0.25, 0.3) is 0 Å². The Balaban J connectivity index is 2.09. The lowest BCUT2D eigenvalue weighted by Gasteiger charge is -2.32. The summed E-state index contributed by atoms with van der Waals surface area (Å²) in [6.45, 7) is 0.873. The molecule has 8 nitrogen and oxygen atoms in total. The number of carboxylic acids is 1. The quantitative estimate of drug-likeness (QED) is 0.253. The molecule has 6 N–H and O–H groups in total. The van der Waals surface area contributed by atoms with Gasteiger partial charge in [0, 0.05) is 16.7 Å². The Hall–Kier alpha value is -4.25. The van der Waals surface area contributed by atoms with Gasteiger partial charge in [-0.05, 0) is 67.3 Å². The number of hydroxylamine groups is 1. The van der Waals surface area contributed by atoms with Crippen molar-refractivity contribution in [1.82, 2.24) is 10.8 Å². The van der Waals surface area contributed by atoms with E-state index in [0.717, 1.165) is 6.92 Å². The highest BCUT2D eigenvalue weighted by Crippen LogP contribution is 2.18. The summed E-state index contributed by atoms with van der Waals surface area (Å²) in [4.78, 5) is 34.9. The number of benzene rings is 2. The number of hydrogen-bond donors (Lipinski definition) is 5. The van der Waals surface area contributed by atoms with Gasteiger partial charge in [0.15, 0.2) is 0 Å². The molecule has 0 spiro atoms. The van der Waals surface area contributed by atoms with Crippen LogP contribution >= 0.6 is 0 Å². The summed E-state index contributed by atoms with van der Waals surface area (Å²) in [5.41, 5.74) is 5.53. The van der Waals surface area contributed by atoms with E-state index in [1.54, 1.807) is 12.1 Å². The SMILES string of the molecule is CC(N)(C(F)F)[C@H](NC(=O)c1ccc(C#CC#Cc2ccc(C(=O)O)cc2)cc1)C(=O)NO. The summed E-state index contributed by atoms with van der Waals surface area (Å²) in [5.74, 6) is 7.57. The van der Waals surface area contributed by atoms with E-state index in [0.29, 0.717) is 11.1 Å². The van der Waals surface area contributed by atoms with Gasteiger partial charge in [-0.1, -0.05) is 11.8 Å². The van der Waals surface area contributed by atoms with Crippen molar-refractivity contribution in [3.8, 4) is 23.7 Å². The number of alkyl halides is 2. The fourth-order valence-electron chi connectivity index (χ4n) is 2.52. The minimum Gasteiger partial charge on any atom is -0.478 e. The molecule has 0 bridgehead atoms. The molecule has 33 heavy (non-hydrogen) atoms. The molecule has 2 atom stereocenters. The minimum absolute atomic E-state index is 0.0472. The van der Waals surface area contributed by atoms with Gasteiger partial charge in [0.05, 0.1) is 5.56 Å². The predicted molar refractivity (Wildman–Crippen MR) is 113 cm³/mol. The van der Waals surface area contributed by atoms with Crippen LogP contribution in [0.2, 0.25) is 0 Å². The zero-order valence-electron chi connectivity index (χ0n) is 17.2. The second-order valence-electron chi connectivity index (χ2n) is 7.01. The van der Waals surface area contributed by atoms with Crippen LogP contribution in [-0.2, 0) is 4.79 Å². The lowest BCUT2D eigenvalue weighted by molar-refractivity contribution is -0.134. The molecule has 10 heteroatoms. The van der Waals surface area contributed by atoms with Crippen molar-refractivity contribution < 1.29 is 33.5 Å². The van der Waals surface area contributed by atoms with Crippen molar-refractivity contribution >= 4 is 17.8 Å². The fraction of sp³-hybridized carbons (Fsp3) is 0.174. The van der Waals surface area contributed by atoms with Crippen molar-refractivity contribution in [2.75, 3.05) is 0 Å². The second-order valence-corrected chi connectivity index (χ2v) is 7.01. The maximum atomic E-state index is 13.2. The first-order chi connectivity index (χ1) is 15.6. The summed E-state index contributed by atoms with van der Waals surface area (Å²) < 4.78 is 26.4. The molecule has 0 aromatic heterocycles. The first-order valence-corrected chi connectivity index (χ1v) is 9.33. The molecule has 0 saturated carbocycles. The number of rotatable bonds is 6. The van der Waals surface area contributed by atoms with Gasteiger partial charge >= 0.3 is 5.97 Å². The molecule has 0 aliphatic carbocycles. The van der Waals surface area contributed by atoms with E-state index in [1.165, 1.54) is 41.9 Å². The van der Waals surface area contributed by atoms with Crippen molar-refractivity contribution in [3.05, 3.63) is 70.8 Å². The van der Waals surface area contributed by atoms with Crippen LogP contribution in [-0.4, -0.2) is 46.1 Å². The normalized spacial score (nSPS) is 12.8. The first kappa shape index (κ1) is 25.0. The molecule has 1 unspecified atom stereocenters. The van der Waals surface area contributed by atoms with Gasteiger partial charge in [-0.25, -0.2) is 19.1 Å². The smallest absolute Gasteiger partial charge is 0.335 e. The number of carbonyl (C=O) groups excluding carboxylic acids is 2. The molecule has 0 aliphatic rings. The average Bonchev–Trinajstić information content (AvgIpc) is 2.80. The highest BCUT2D eigenvalue weighted by molar-refractivity contribution is 5.98. The van der Waals surface area contributed by atoms with Crippen molar-refractivity contribution in [1.29, 1.82) is 0 Å². The average molecular weight is 455 g/mol. The van der Waals surface area contributed by atoms with Crippen molar-refractivity contribution in [2.24, 2.45) is 5.73 Å². The first-order valence-electron chi connectivity index (χ1n) is 9.33. The Labute approximate surface area is 187 Å². The third kappa shape index (κ3) is 6.61. The zero-order chi connectivity index (χ0) is 24.6. The van der Waals surface area contributed by atoms with Crippen molar-refractivity contribution in [3.63, 3.8) is 0 Å². The maximum Gasteiger partial charge on any atom is 0.335 e. The number of hydrogen-bond acceptors (Lipinski definition) is 5. The zero-order valence-corrected chi connectivity index (χ0v) is 17.2. The van der Waals surface area contributed by atoms with E-state index in [4.69, 9.17) is 16.0 Å². The monoisotopic (exact) mass is 455 g/mol. The number of halogens is 2. The predicted octanol–water partition coefficient (Wildman–Crippen LogP) is 1.37. The number of carbonyl (C=O) groups is 3. The Morgan fingerprint density at radius 1 is 0.939 bits per heavy atom. The molecule has 0 saturated heterocycles. The number of aromatic carboxylic acids is 1. The van der Waals surface area contributed by atoms with Crippen LogP contribution in [0, 0.1) is 23.7 Å². The van der Waals surface area contributed by atoms with Gasteiger partial charge < -0.3 is 16.2 Å². The van der Waals surface area contributed by atoms with Crippen LogP contribution in [0.5, 0.6) is 0 Å². The highest BCUT2D eigenvalue weighted by Gasteiger charge is 2.44. The van der Waals surface area contributed by atoms with E-state index in [-0.39, 0.29) is 11.1 Å². The molecule has 0 heterocycles. The molecular weight excluding hydrogens is 436 g/mol. The summed E-state index contributed by atoms with van der Waals surface area (Å²) >= 11 is 0. The minimum atomic E-state index is -3.16. The molecule has 2 rings (SSSR count). The topological polar surface area (TPSA) is 142 Å². The Kier molecular flexibility index (Phi) is 8.24. The summed E-state index contributed by atoms with van der Waals surface area (Å²) in [6, 6.07) is 9.76. The lowest BCUT2D eigenvalue weighted by atomic mass is 9.92.